The van der Waals surface area contributed by atoms with E-state index in [0.717, 1.165) is 28.8 Å². The zero-order chi connectivity index (χ0) is 13.4. The summed E-state index contributed by atoms with van der Waals surface area (Å²) in [5.41, 5.74) is 3.63. The first kappa shape index (κ1) is 12.8. The highest BCUT2D eigenvalue weighted by atomic mass is 32.1. The molecular weight excluding hydrogens is 276 g/mol. The van der Waals surface area contributed by atoms with Crippen LogP contribution in [-0.2, 0) is 13.1 Å². The van der Waals surface area contributed by atoms with E-state index in [1.54, 1.807) is 22.7 Å². The number of hydrogen-bond acceptors (Lipinski definition) is 5. The summed E-state index contributed by atoms with van der Waals surface area (Å²) in [4.78, 5) is 11.2. The molecule has 0 bridgehead atoms. The number of nitrogens with zero attached hydrogens (tertiary/aromatic N) is 3. The quantitative estimate of drug-likeness (QED) is 0.803. The molecule has 4 nitrogen and oxygen atoms in total. The molecule has 0 atom stereocenters. The Kier molecular flexibility index (Phi) is 3.38. The van der Waals surface area contributed by atoms with Gasteiger partial charge in [-0.1, -0.05) is 0 Å². The van der Waals surface area contributed by atoms with Crippen molar-refractivity contribution in [3.63, 3.8) is 0 Å². The Morgan fingerprint density at radius 3 is 2.84 bits per heavy atom. The fourth-order valence-corrected chi connectivity index (χ4v) is 3.86. The van der Waals surface area contributed by atoms with E-state index in [4.69, 9.17) is 0 Å². The van der Waals surface area contributed by atoms with Crippen LogP contribution >= 0.6 is 22.7 Å². The first-order valence-electron chi connectivity index (χ1n) is 6.19. The zero-order valence-corrected chi connectivity index (χ0v) is 12.9. The van der Waals surface area contributed by atoms with Crippen LogP contribution in [0.4, 0.5) is 0 Å². The van der Waals surface area contributed by atoms with Gasteiger partial charge in [-0.05, 0) is 20.8 Å². The Morgan fingerprint density at radius 2 is 2.11 bits per heavy atom. The van der Waals surface area contributed by atoms with Crippen molar-refractivity contribution in [1.82, 2.24) is 19.7 Å². The van der Waals surface area contributed by atoms with Gasteiger partial charge in [0.15, 0.2) is 4.96 Å². The number of hydrogen-bond donors (Lipinski definition) is 1. The van der Waals surface area contributed by atoms with Crippen LogP contribution in [0.1, 0.15) is 27.0 Å². The van der Waals surface area contributed by atoms with Crippen LogP contribution in [0.15, 0.2) is 11.6 Å². The van der Waals surface area contributed by atoms with Crippen molar-refractivity contribution < 1.29 is 0 Å². The van der Waals surface area contributed by atoms with Gasteiger partial charge in [0.1, 0.15) is 0 Å². The van der Waals surface area contributed by atoms with Gasteiger partial charge in [0.25, 0.3) is 0 Å². The molecule has 3 aromatic rings. The lowest BCUT2D eigenvalue weighted by Crippen LogP contribution is -2.14. The van der Waals surface area contributed by atoms with E-state index in [1.165, 1.54) is 16.3 Å². The molecule has 0 fully saturated rings. The van der Waals surface area contributed by atoms with E-state index in [-0.39, 0.29) is 0 Å². The first-order valence-corrected chi connectivity index (χ1v) is 7.89. The molecule has 0 spiro atoms. The molecule has 3 aromatic heterocycles. The molecule has 1 N–H and O–H groups in total. The predicted octanol–water partition coefficient (Wildman–Crippen LogP) is 3.07. The highest BCUT2D eigenvalue weighted by Crippen LogP contribution is 2.20. The summed E-state index contributed by atoms with van der Waals surface area (Å²) in [6.07, 6.45) is 1.95. The zero-order valence-electron chi connectivity index (χ0n) is 11.2. The lowest BCUT2D eigenvalue weighted by atomic mass is 10.3. The van der Waals surface area contributed by atoms with E-state index in [1.807, 2.05) is 13.1 Å². The van der Waals surface area contributed by atoms with E-state index in [0.29, 0.717) is 0 Å². The number of fused-ring (bicyclic) bond motifs is 1. The van der Waals surface area contributed by atoms with Gasteiger partial charge in [-0.2, -0.15) is 0 Å². The molecule has 0 aromatic carbocycles. The molecular formula is C13H16N4S2. The Labute approximate surface area is 120 Å². The third kappa shape index (κ3) is 2.43. The van der Waals surface area contributed by atoms with Gasteiger partial charge in [0, 0.05) is 35.2 Å². The molecule has 0 saturated heterocycles. The van der Waals surface area contributed by atoms with Crippen molar-refractivity contribution in [2.45, 2.75) is 33.9 Å². The van der Waals surface area contributed by atoms with Crippen LogP contribution in [-0.4, -0.2) is 14.4 Å². The van der Waals surface area contributed by atoms with Crippen molar-refractivity contribution in [2.24, 2.45) is 0 Å². The summed E-state index contributed by atoms with van der Waals surface area (Å²) in [6, 6.07) is 0. The average Bonchev–Trinajstić information content (AvgIpc) is 3.01. The second-order valence-corrected chi connectivity index (χ2v) is 6.74. The fraction of sp³-hybridized carbons (Fsp3) is 0.385. The SMILES string of the molecule is Cc1ncc(CNCc2c(C)nc3scc(C)n23)s1. The maximum absolute atomic E-state index is 4.60. The molecule has 0 radical (unpaired) electrons. The maximum atomic E-state index is 4.60. The van der Waals surface area contributed by atoms with Gasteiger partial charge < -0.3 is 5.32 Å². The Hall–Kier alpha value is -1.24. The van der Waals surface area contributed by atoms with Gasteiger partial charge in [0.2, 0.25) is 0 Å². The standard InChI is InChI=1S/C13H16N4S2/c1-8-7-18-13-16-9(2)12(17(8)13)6-14-4-11-5-15-10(3)19-11/h5,7,14H,4,6H2,1-3H3. The molecule has 0 saturated carbocycles. The number of imidazole rings is 1. The summed E-state index contributed by atoms with van der Waals surface area (Å²) < 4.78 is 2.24. The molecule has 19 heavy (non-hydrogen) atoms. The Bertz CT molecular complexity index is 707. The summed E-state index contributed by atoms with van der Waals surface area (Å²) in [5, 5.41) is 6.75. The minimum atomic E-state index is 0.835. The maximum Gasteiger partial charge on any atom is 0.194 e. The minimum Gasteiger partial charge on any atom is -0.306 e. The van der Waals surface area contributed by atoms with Crippen LogP contribution in [0, 0.1) is 20.8 Å². The number of aryl methyl sites for hydroxylation is 3. The van der Waals surface area contributed by atoms with Gasteiger partial charge in [-0.15, -0.1) is 22.7 Å². The second-order valence-electron chi connectivity index (χ2n) is 4.59. The fourth-order valence-electron chi connectivity index (χ4n) is 2.17. The van der Waals surface area contributed by atoms with Crippen LogP contribution in [0.25, 0.3) is 4.96 Å². The summed E-state index contributed by atoms with van der Waals surface area (Å²) >= 11 is 3.44. The van der Waals surface area contributed by atoms with Gasteiger partial charge >= 0.3 is 0 Å². The topological polar surface area (TPSA) is 42.2 Å². The molecule has 6 heteroatoms. The van der Waals surface area contributed by atoms with Gasteiger partial charge in [-0.3, -0.25) is 4.40 Å². The summed E-state index contributed by atoms with van der Waals surface area (Å²) in [5.74, 6) is 0. The van der Waals surface area contributed by atoms with Crippen molar-refractivity contribution >= 4 is 27.6 Å². The van der Waals surface area contributed by atoms with Crippen LogP contribution in [0.3, 0.4) is 0 Å². The first-order chi connectivity index (χ1) is 9.15. The van der Waals surface area contributed by atoms with Crippen molar-refractivity contribution in [3.05, 3.63) is 38.5 Å². The molecule has 100 valence electrons. The normalized spacial score (nSPS) is 11.5. The van der Waals surface area contributed by atoms with E-state index < -0.39 is 0 Å². The largest absolute Gasteiger partial charge is 0.306 e. The molecule has 0 amide bonds. The Morgan fingerprint density at radius 1 is 1.26 bits per heavy atom. The van der Waals surface area contributed by atoms with Crippen LogP contribution in [0.5, 0.6) is 0 Å². The molecule has 3 heterocycles. The minimum absolute atomic E-state index is 0.835. The predicted molar refractivity (Wildman–Crippen MR) is 79.9 cm³/mol. The lowest BCUT2D eigenvalue weighted by molar-refractivity contribution is 0.676. The third-order valence-electron chi connectivity index (χ3n) is 3.09. The van der Waals surface area contributed by atoms with Crippen molar-refractivity contribution in [1.29, 1.82) is 0 Å². The number of nitrogens with one attached hydrogen (secondary N) is 1. The molecule has 0 unspecified atom stereocenters. The number of rotatable bonds is 4. The highest BCUT2D eigenvalue weighted by molar-refractivity contribution is 7.15. The summed E-state index contributed by atoms with van der Waals surface area (Å²) in [7, 11) is 0. The monoisotopic (exact) mass is 292 g/mol. The summed E-state index contributed by atoms with van der Waals surface area (Å²) in [6.45, 7) is 7.93. The third-order valence-corrected chi connectivity index (χ3v) is 4.95. The second kappa shape index (κ2) is 5.03. The van der Waals surface area contributed by atoms with Gasteiger partial charge in [0.05, 0.1) is 16.4 Å². The Balaban J connectivity index is 1.74. The number of thiazole rings is 2. The van der Waals surface area contributed by atoms with Crippen LogP contribution < -0.4 is 5.32 Å². The van der Waals surface area contributed by atoms with Crippen molar-refractivity contribution in [3.8, 4) is 0 Å². The van der Waals surface area contributed by atoms with E-state index in [2.05, 4.69) is 38.9 Å². The molecule has 0 aliphatic rings. The average molecular weight is 292 g/mol. The van der Waals surface area contributed by atoms with E-state index >= 15 is 0 Å². The number of aromatic nitrogens is 3. The molecule has 0 aliphatic heterocycles. The molecule has 3 rings (SSSR count). The van der Waals surface area contributed by atoms with Crippen molar-refractivity contribution in [2.75, 3.05) is 0 Å². The van der Waals surface area contributed by atoms with Crippen LogP contribution in [0.2, 0.25) is 0 Å². The van der Waals surface area contributed by atoms with Gasteiger partial charge in [-0.25, -0.2) is 9.97 Å². The molecule has 0 aliphatic carbocycles. The van der Waals surface area contributed by atoms with E-state index in [9.17, 15) is 0 Å². The highest BCUT2D eigenvalue weighted by Gasteiger charge is 2.11. The smallest absolute Gasteiger partial charge is 0.194 e. The lowest BCUT2D eigenvalue weighted by Gasteiger charge is -2.04.